The molecule has 112 valence electrons. The largest absolute Gasteiger partial charge is 0.314 e. The molecular formula is C14H21BrN2O2S. The van der Waals surface area contributed by atoms with Crippen LogP contribution in [-0.4, -0.2) is 26.8 Å². The maximum atomic E-state index is 12.1. The van der Waals surface area contributed by atoms with Gasteiger partial charge in [-0.1, -0.05) is 18.6 Å². The number of rotatable bonds is 5. The van der Waals surface area contributed by atoms with Gasteiger partial charge in [0.15, 0.2) is 0 Å². The molecule has 1 fully saturated rings. The lowest BCUT2D eigenvalue weighted by atomic mass is 10.0. The van der Waals surface area contributed by atoms with Crippen molar-refractivity contribution < 1.29 is 8.42 Å². The molecule has 0 aliphatic carbocycles. The van der Waals surface area contributed by atoms with E-state index in [0.717, 1.165) is 23.0 Å². The number of hydrogen-bond donors (Lipinski definition) is 2. The zero-order chi connectivity index (χ0) is 14.6. The number of aryl methyl sites for hydroxylation is 1. The zero-order valence-electron chi connectivity index (χ0n) is 11.7. The van der Waals surface area contributed by atoms with E-state index < -0.39 is 10.0 Å². The Morgan fingerprint density at radius 1 is 1.40 bits per heavy atom. The van der Waals surface area contributed by atoms with Gasteiger partial charge in [0.1, 0.15) is 0 Å². The zero-order valence-corrected chi connectivity index (χ0v) is 14.1. The minimum Gasteiger partial charge on any atom is -0.314 e. The van der Waals surface area contributed by atoms with Gasteiger partial charge in [0, 0.05) is 10.5 Å². The molecule has 4 nitrogen and oxygen atoms in total. The van der Waals surface area contributed by atoms with Gasteiger partial charge in [-0.3, -0.25) is 4.72 Å². The molecule has 20 heavy (non-hydrogen) atoms. The lowest BCUT2D eigenvalue weighted by molar-refractivity contribution is 0.393. The summed E-state index contributed by atoms with van der Waals surface area (Å²) in [6.45, 7) is 2.94. The van der Waals surface area contributed by atoms with Gasteiger partial charge in [0.05, 0.1) is 11.4 Å². The molecule has 0 amide bonds. The van der Waals surface area contributed by atoms with Crippen LogP contribution in [0.3, 0.4) is 0 Å². The smallest absolute Gasteiger partial charge is 0.232 e. The molecule has 0 bridgehead atoms. The molecule has 2 rings (SSSR count). The fraction of sp³-hybridized carbons (Fsp3) is 0.571. The molecule has 0 spiro atoms. The van der Waals surface area contributed by atoms with Crippen LogP contribution >= 0.6 is 15.9 Å². The Morgan fingerprint density at radius 3 is 2.90 bits per heavy atom. The van der Waals surface area contributed by atoms with Crippen LogP contribution in [0.1, 0.15) is 31.2 Å². The highest BCUT2D eigenvalue weighted by Gasteiger charge is 2.18. The summed E-state index contributed by atoms with van der Waals surface area (Å²) < 4.78 is 27.8. The van der Waals surface area contributed by atoms with Gasteiger partial charge < -0.3 is 5.32 Å². The molecule has 2 N–H and O–H groups in total. The lowest BCUT2D eigenvalue weighted by Crippen LogP contribution is -2.36. The van der Waals surface area contributed by atoms with Gasteiger partial charge in [-0.2, -0.15) is 0 Å². The second-order valence-electron chi connectivity index (χ2n) is 5.29. The number of benzene rings is 1. The van der Waals surface area contributed by atoms with E-state index in [1.807, 2.05) is 19.1 Å². The van der Waals surface area contributed by atoms with E-state index in [1.165, 1.54) is 12.8 Å². The molecule has 1 aromatic carbocycles. The maximum absolute atomic E-state index is 12.1. The Labute approximate surface area is 129 Å². The third-order valence-corrected chi connectivity index (χ3v) is 5.96. The first-order valence-electron chi connectivity index (χ1n) is 6.97. The first kappa shape index (κ1) is 15.8. The van der Waals surface area contributed by atoms with E-state index in [-0.39, 0.29) is 5.75 Å². The lowest BCUT2D eigenvalue weighted by Gasteiger charge is -2.23. The van der Waals surface area contributed by atoms with Crippen LogP contribution in [0.5, 0.6) is 0 Å². The fourth-order valence-electron chi connectivity index (χ4n) is 2.41. The molecule has 1 heterocycles. The number of halogens is 1. The average Bonchev–Trinajstić information content (AvgIpc) is 2.43. The van der Waals surface area contributed by atoms with E-state index in [2.05, 4.69) is 26.0 Å². The van der Waals surface area contributed by atoms with Gasteiger partial charge in [-0.05, 0) is 60.3 Å². The van der Waals surface area contributed by atoms with E-state index in [0.29, 0.717) is 18.2 Å². The van der Waals surface area contributed by atoms with Crippen molar-refractivity contribution in [2.75, 3.05) is 17.0 Å². The van der Waals surface area contributed by atoms with Crippen molar-refractivity contribution in [2.45, 2.75) is 38.6 Å². The quantitative estimate of drug-likeness (QED) is 0.848. The Bertz CT molecular complexity index is 554. The van der Waals surface area contributed by atoms with Crippen molar-refractivity contribution in [1.82, 2.24) is 5.32 Å². The summed E-state index contributed by atoms with van der Waals surface area (Å²) in [7, 11) is -3.29. The Hall–Kier alpha value is -0.590. The molecule has 1 saturated heterocycles. The second kappa shape index (κ2) is 6.91. The highest BCUT2D eigenvalue weighted by molar-refractivity contribution is 9.10. The Kier molecular flexibility index (Phi) is 5.46. The van der Waals surface area contributed by atoms with E-state index in [9.17, 15) is 8.42 Å². The summed E-state index contributed by atoms with van der Waals surface area (Å²) >= 11 is 3.42. The maximum Gasteiger partial charge on any atom is 0.232 e. The molecule has 0 saturated carbocycles. The van der Waals surface area contributed by atoms with Crippen molar-refractivity contribution in [1.29, 1.82) is 0 Å². The minimum atomic E-state index is -3.29. The molecule has 1 aliphatic rings. The number of nitrogens with one attached hydrogen (secondary N) is 2. The molecule has 1 aromatic rings. The number of anilines is 1. The molecule has 0 radical (unpaired) electrons. The van der Waals surface area contributed by atoms with Crippen molar-refractivity contribution in [2.24, 2.45) is 0 Å². The van der Waals surface area contributed by atoms with Crippen molar-refractivity contribution >= 4 is 31.6 Å². The van der Waals surface area contributed by atoms with E-state index in [1.54, 1.807) is 6.07 Å². The molecule has 1 aliphatic heterocycles. The predicted molar refractivity (Wildman–Crippen MR) is 86.5 cm³/mol. The van der Waals surface area contributed by atoms with Crippen molar-refractivity contribution in [3.8, 4) is 0 Å². The molecule has 6 heteroatoms. The van der Waals surface area contributed by atoms with E-state index >= 15 is 0 Å². The summed E-state index contributed by atoms with van der Waals surface area (Å²) in [6, 6.07) is 5.89. The van der Waals surface area contributed by atoms with E-state index in [4.69, 9.17) is 0 Å². The Morgan fingerprint density at radius 2 is 2.20 bits per heavy atom. The van der Waals surface area contributed by atoms with Crippen LogP contribution in [0.25, 0.3) is 0 Å². The predicted octanol–water partition coefficient (Wildman–Crippen LogP) is 3.03. The highest BCUT2D eigenvalue weighted by Crippen LogP contribution is 2.26. The summed E-state index contributed by atoms with van der Waals surface area (Å²) in [5.74, 6) is 0.158. The highest BCUT2D eigenvalue weighted by atomic mass is 79.9. The third kappa shape index (κ3) is 4.46. The standard InChI is InChI=1S/C14H21BrN2O2S/c1-11-5-4-7-13(14(11)15)17-20(18,19)10-8-12-6-2-3-9-16-12/h4-5,7,12,16-17H,2-3,6,8-10H2,1H3. The van der Waals surface area contributed by atoms with Gasteiger partial charge >= 0.3 is 0 Å². The molecular weight excluding hydrogens is 340 g/mol. The number of sulfonamides is 1. The molecule has 1 unspecified atom stereocenters. The van der Waals surface area contributed by atoms with Crippen LogP contribution in [0.2, 0.25) is 0 Å². The number of piperidine rings is 1. The van der Waals surface area contributed by atoms with Gasteiger partial charge in [0.2, 0.25) is 10.0 Å². The second-order valence-corrected chi connectivity index (χ2v) is 7.93. The topological polar surface area (TPSA) is 58.2 Å². The van der Waals surface area contributed by atoms with Gasteiger partial charge in [-0.15, -0.1) is 0 Å². The summed E-state index contributed by atoms with van der Waals surface area (Å²) in [5.41, 5.74) is 1.63. The van der Waals surface area contributed by atoms with Crippen molar-refractivity contribution in [3.63, 3.8) is 0 Å². The van der Waals surface area contributed by atoms with Crippen LogP contribution in [0.4, 0.5) is 5.69 Å². The van der Waals surface area contributed by atoms with Gasteiger partial charge in [-0.25, -0.2) is 8.42 Å². The fourth-order valence-corrected chi connectivity index (χ4v) is 4.11. The first-order valence-corrected chi connectivity index (χ1v) is 9.41. The van der Waals surface area contributed by atoms with Gasteiger partial charge in [0.25, 0.3) is 0 Å². The summed E-state index contributed by atoms with van der Waals surface area (Å²) in [5, 5.41) is 3.37. The minimum absolute atomic E-state index is 0.158. The van der Waals surface area contributed by atoms with Crippen LogP contribution in [0.15, 0.2) is 22.7 Å². The Balaban J connectivity index is 1.94. The molecule has 0 aromatic heterocycles. The van der Waals surface area contributed by atoms with Crippen LogP contribution < -0.4 is 10.0 Å². The average molecular weight is 361 g/mol. The normalized spacial score (nSPS) is 19.8. The molecule has 1 atom stereocenters. The number of hydrogen-bond acceptors (Lipinski definition) is 3. The summed E-state index contributed by atoms with van der Waals surface area (Å²) in [4.78, 5) is 0. The summed E-state index contributed by atoms with van der Waals surface area (Å²) in [6.07, 6.45) is 4.12. The first-order chi connectivity index (χ1) is 9.48. The third-order valence-electron chi connectivity index (χ3n) is 3.60. The van der Waals surface area contributed by atoms with Crippen LogP contribution in [-0.2, 0) is 10.0 Å². The monoisotopic (exact) mass is 360 g/mol. The SMILES string of the molecule is Cc1cccc(NS(=O)(=O)CCC2CCCCN2)c1Br. The van der Waals surface area contributed by atoms with Crippen LogP contribution in [0, 0.1) is 6.92 Å². The van der Waals surface area contributed by atoms with Crippen molar-refractivity contribution in [3.05, 3.63) is 28.2 Å².